The van der Waals surface area contributed by atoms with Gasteiger partial charge in [0.25, 0.3) is 0 Å². The van der Waals surface area contributed by atoms with E-state index in [9.17, 15) is 0 Å². The number of aryl methyl sites for hydroxylation is 1. The van der Waals surface area contributed by atoms with E-state index in [1.807, 2.05) is 0 Å². The molecule has 8 rings (SSSR count). The van der Waals surface area contributed by atoms with E-state index in [1.165, 1.54) is 82.4 Å². The van der Waals surface area contributed by atoms with Crippen molar-refractivity contribution < 1.29 is 0 Å². The second kappa shape index (κ2) is 10.4. The van der Waals surface area contributed by atoms with E-state index in [-0.39, 0.29) is 0 Å². The first-order chi connectivity index (χ1) is 21.2. The van der Waals surface area contributed by atoms with Crippen molar-refractivity contribution >= 4 is 32.3 Å². The molecule has 0 N–H and O–H groups in total. The van der Waals surface area contributed by atoms with Gasteiger partial charge in [-0.3, -0.25) is 0 Å². The number of hydrogen-bond acceptors (Lipinski definition) is 0. The van der Waals surface area contributed by atoms with Crippen LogP contribution in [0.5, 0.6) is 0 Å². The van der Waals surface area contributed by atoms with Crippen molar-refractivity contribution in [3.63, 3.8) is 0 Å². The summed E-state index contributed by atoms with van der Waals surface area (Å²) in [6.07, 6.45) is 0. The van der Waals surface area contributed by atoms with Crippen LogP contribution in [-0.2, 0) is 0 Å². The van der Waals surface area contributed by atoms with Gasteiger partial charge >= 0.3 is 0 Å². The highest BCUT2D eigenvalue weighted by molar-refractivity contribution is 6.21. The van der Waals surface area contributed by atoms with Crippen molar-refractivity contribution in [3.05, 3.63) is 169 Å². The van der Waals surface area contributed by atoms with Crippen molar-refractivity contribution in [2.75, 3.05) is 0 Å². The fraction of sp³-hybridized carbons (Fsp3) is 0.0233. The number of fused-ring (bicyclic) bond motifs is 3. The molecule has 8 aromatic rings. The lowest BCUT2D eigenvalue weighted by molar-refractivity contribution is 1.51. The van der Waals surface area contributed by atoms with Gasteiger partial charge in [0.05, 0.1) is 0 Å². The van der Waals surface area contributed by atoms with E-state index < -0.39 is 0 Å². The van der Waals surface area contributed by atoms with Gasteiger partial charge in [-0.25, -0.2) is 0 Å². The summed E-state index contributed by atoms with van der Waals surface area (Å²) in [6, 6.07) is 59.9. The molecule has 0 saturated carbocycles. The molecule has 0 heterocycles. The Morgan fingerprint density at radius 2 is 0.744 bits per heavy atom. The average molecular weight is 547 g/mol. The first-order valence-electron chi connectivity index (χ1n) is 14.9. The maximum Gasteiger partial charge on any atom is -0.00263 e. The van der Waals surface area contributed by atoms with Gasteiger partial charge in [-0.1, -0.05) is 163 Å². The minimum atomic E-state index is 1.23. The van der Waals surface area contributed by atoms with Crippen molar-refractivity contribution in [3.8, 4) is 44.5 Å². The summed E-state index contributed by atoms with van der Waals surface area (Å²) >= 11 is 0. The largest absolute Gasteiger partial charge is 0.0622 e. The summed E-state index contributed by atoms with van der Waals surface area (Å²) < 4.78 is 0. The van der Waals surface area contributed by atoms with Crippen LogP contribution in [0.1, 0.15) is 5.56 Å². The van der Waals surface area contributed by atoms with Crippen molar-refractivity contribution in [1.82, 2.24) is 0 Å². The summed E-state index contributed by atoms with van der Waals surface area (Å²) in [5.41, 5.74) is 11.3. The quantitative estimate of drug-likeness (QED) is 0.193. The van der Waals surface area contributed by atoms with Crippen LogP contribution in [0.15, 0.2) is 164 Å². The summed E-state index contributed by atoms with van der Waals surface area (Å²) in [5, 5.41) is 7.67. The molecular formula is C43H30. The SMILES string of the molecule is Cc1ccc2c(-c3ccc(-c4ccccc4)cc3)c3ccccc3c(-c3ccc(-c4ccc5ccccc5c4)cc3)c2c1. The fourth-order valence-corrected chi connectivity index (χ4v) is 6.57. The Morgan fingerprint density at radius 1 is 0.279 bits per heavy atom. The van der Waals surface area contributed by atoms with Gasteiger partial charge in [-0.05, 0) is 89.8 Å². The predicted octanol–water partition coefficient (Wildman–Crippen LogP) is 12.1. The summed E-state index contributed by atoms with van der Waals surface area (Å²) in [6.45, 7) is 2.19. The van der Waals surface area contributed by atoms with Crippen LogP contribution in [0.3, 0.4) is 0 Å². The third kappa shape index (κ3) is 4.49. The molecule has 0 spiro atoms. The minimum absolute atomic E-state index is 1.23. The Labute approximate surface area is 252 Å². The minimum Gasteiger partial charge on any atom is -0.0622 e. The maximum atomic E-state index is 2.36. The highest BCUT2D eigenvalue weighted by atomic mass is 14.2. The van der Waals surface area contributed by atoms with Gasteiger partial charge in [0.1, 0.15) is 0 Å². The van der Waals surface area contributed by atoms with Crippen LogP contribution in [0.2, 0.25) is 0 Å². The first kappa shape index (κ1) is 25.3. The third-order valence-electron chi connectivity index (χ3n) is 8.72. The Bertz CT molecular complexity index is 2250. The van der Waals surface area contributed by atoms with E-state index in [0.29, 0.717) is 0 Å². The summed E-state index contributed by atoms with van der Waals surface area (Å²) in [7, 11) is 0. The van der Waals surface area contributed by atoms with E-state index in [1.54, 1.807) is 0 Å². The van der Waals surface area contributed by atoms with E-state index in [0.717, 1.165) is 0 Å². The number of rotatable bonds is 4. The number of hydrogen-bond donors (Lipinski definition) is 0. The predicted molar refractivity (Wildman–Crippen MR) is 185 cm³/mol. The topological polar surface area (TPSA) is 0 Å². The number of benzene rings is 8. The molecule has 0 aliphatic heterocycles. The molecule has 0 amide bonds. The second-order valence-corrected chi connectivity index (χ2v) is 11.4. The smallest absolute Gasteiger partial charge is 0.00263 e. The van der Waals surface area contributed by atoms with Crippen LogP contribution >= 0.6 is 0 Å². The standard InChI is InChI=1S/C43H30/c1-29-15-26-40-41(27-29)43(35-23-18-33(19-24-35)37-25-20-31-11-5-6-12-36(31)28-37)39-14-8-7-13-38(39)42(40)34-21-16-32(17-22-34)30-9-3-2-4-10-30/h2-28H,1H3. The molecular weight excluding hydrogens is 516 g/mol. The molecule has 0 heteroatoms. The van der Waals surface area contributed by atoms with Crippen LogP contribution in [0.4, 0.5) is 0 Å². The molecule has 0 aliphatic carbocycles. The van der Waals surface area contributed by atoms with Crippen molar-refractivity contribution in [1.29, 1.82) is 0 Å². The molecule has 0 radical (unpaired) electrons. The second-order valence-electron chi connectivity index (χ2n) is 11.4. The van der Waals surface area contributed by atoms with Gasteiger partial charge in [0, 0.05) is 0 Å². The van der Waals surface area contributed by atoms with Crippen LogP contribution in [0, 0.1) is 6.92 Å². The Hall–Kier alpha value is -5.46. The van der Waals surface area contributed by atoms with E-state index >= 15 is 0 Å². The highest BCUT2D eigenvalue weighted by Gasteiger charge is 2.17. The molecule has 0 unspecified atom stereocenters. The first-order valence-corrected chi connectivity index (χ1v) is 14.9. The van der Waals surface area contributed by atoms with Gasteiger partial charge in [-0.15, -0.1) is 0 Å². The van der Waals surface area contributed by atoms with Crippen LogP contribution in [-0.4, -0.2) is 0 Å². The molecule has 0 bridgehead atoms. The van der Waals surface area contributed by atoms with Gasteiger partial charge < -0.3 is 0 Å². The maximum absolute atomic E-state index is 2.36. The van der Waals surface area contributed by atoms with E-state index in [4.69, 9.17) is 0 Å². The van der Waals surface area contributed by atoms with Crippen molar-refractivity contribution in [2.45, 2.75) is 6.92 Å². The van der Waals surface area contributed by atoms with Gasteiger partial charge in [-0.2, -0.15) is 0 Å². The molecule has 0 saturated heterocycles. The lowest BCUT2D eigenvalue weighted by Crippen LogP contribution is -1.92. The molecule has 0 atom stereocenters. The molecule has 202 valence electrons. The summed E-state index contributed by atoms with van der Waals surface area (Å²) in [5.74, 6) is 0. The van der Waals surface area contributed by atoms with Crippen molar-refractivity contribution in [2.24, 2.45) is 0 Å². The lowest BCUT2D eigenvalue weighted by Gasteiger charge is -2.18. The zero-order chi connectivity index (χ0) is 28.8. The van der Waals surface area contributed by atoms with E-state index in [2.05, 4.69) is 171 Å². The Kier molecular flexibility index (Phi) is 6.12. The molecule has 0 fully saturated rings. The average Bonchev–Trinajstić information content (AvgIpc) is 3.07. The van der Waals surface area contributed by atoms with Gasteiger partial charge in [0.2, 0.25) is 0 Å². The molecule has 0 aromatic heterocycles. The highest BCUT2D eigenvalue weighted by Crippen LogP contribution is 2.44. The Morgan fingerprint density at radius 3 is 1.42 bits per heavy atom. The fourth-order valence-electron chi connectivity index (χ4n) is 6.57. The normalized spacial score (nSPS) is 11.4. The van der Waals surface area contributed by atoms with Crippen LogP contribution in [0.25, 0.3) is 76.8 Å². The third-order valence-corrected chi connectivity index (χ3v) is 8.72. The summed E-state index contributed by atoms with van der Waals surface area (Å²) in [4.78, 5) is 0. The zero-order valence-corrected chi connectivity index (χ0v) is 24.1. The molecule has 43 heavy (non-hydrogen) atoms. The molecule has 8 aromatic carbocycles. The lowest BCUT2D eigenvalue weighted by atomic mass is 9.85. The Balaban J connectivity index is 1.30. The van der Waals surface area contributed by atoms with Crippen LogP contribution < -0.4 is 0 Å². The van der Waals surface area contributed by atoms with Gasteiger partial charge in [0.15, 0.2) is 0 Å². The molecule has 0 aliphatic rings. The molecule has 0 nitrogen and oxygen atoms in total. The zero-order valence-electron chi connectivity index (χ0n) is 24.1. The monoisotopic (exact) mass is 546 g/mol.